The number of nitrogens with zero attached hydrogens (tertiary/aromatic N) is 2. The average Bonchev–Trinajstić information content (AvgIpc) is 1.99. The largest absolute Gasteiger partial charge is 0.481 e. The van der Waals surface area contributed by atoms with E-state index in [9.17, 15) is 38.4 Å². The zero-order valence-electron chi connectivity index (χ0n) is 45.3. The van der Waals surface area contributed by atoms with Gasteiger partial charge in [-0.15, -0.1) is 0 Å². The molecule has 0 atom stereocenters. The summed E-state index contributed by atoms with van der Waals surface area (Å²) in [6, 6.07) is 36.7. The van der Waals surface area contributed by atoms with Crippen LogP contribution in [-0.4, -0.2) is 87.9 Å². The molecule has 3 aromatic heterocycles. The van der Waals surface area contributed by atoms with Crippen molar-refractivity contribution in [1.82, 2.24) is 19.9 Å². The van der Waals surface area contributed by atoms with Crippen LogP contribution < -0.4 is 21.3 Å². The Morgan fingerprint density at radius 3 is 0.690 bits per heavy atom. The minimum atomic E-state index is -0.985. The van der Waals surface area contributed by atoms with Gasteiger partial charge in [-0.25, -0.2) is 9.97 Å². The van der Waals surface area contributed by atoms with Crippen LogP contribution >= 0.6 is 0 Å². The molecule has 9 rings (SSSR count). The van der Waals surface area contributed by atoms with Gasteiger partial charge in [0.25, 0.3) is 0 Å². The van der Waals surface area contributed by atoms with Crippen molar-refractivity contribution in [2.24, 2.45) is 0 Å². The number of fused-ring (bicyclic) bond motifs is 8. The van der Waals surface area contributed by atoms with Crippen LogP contribution in [0.4, 0.5) is 22.7 Å². The van der Waals surface area contributed by atoms with Crippen molar-refractivity contribution in [3.63, 3.8) is 0 Å². The van der Waals surface area contributed by atoms with Crippen molar-refractivity contribution < 1.29 is 58.8 Å². The number of aromatic amines is 2. The summed E-state index contributed by atoms with van der Waals surface area (Å²) in [6.45, 7) is 0. The molecule has 20 heteroatoms. The van der Waals surface area contributed by atoms with Crippen LogP contribution in [0.5, 0.6) is 0 Å². The molecule has 0 spiro atoms. The standard InChI is InChI=1S/C64H58N8O12/c73-53(5-1-9-57(77)78)65-41-21-13-37(14-22-41)61-45-29-31-47(69-45)62(38-15-23-42(24-16-38)66-54(74)6-2-10-58(79)80)49-33-35-51(71-49)64(40-19-27-44(28-20-40)68-56(76)8-4-12-60(83)84)52-36-34-50(72-52)63(48-32-30-46(61)70-48)39-17-25-43(26-18-39)67-55(75)7-3-11-59(81)82/h13-36,69,72H,1-12H2,(H,65,73)(H,66,74)(H,67,75)(H,68,76)(H,77,78)(H,79,80)(H,81,82)(H,83,84). The summed E-state index contributed by atoms with van der Waals surface area (Å²) in [5.41, 5.74) is 12.7. The van der Waals surface area contributed by atoms with E-state index in [1.165, 1.54) is 0 Å². The zero-order chi connectivity index (χ0) is 59.3. The molecule has 426 valence electrons. The molecule has 10 N–H and O–H groups in total. The lowest BCUT2D eigenvalue weighted by molar-refractivity contribution is -0.138. The van der Waals surface area contributed by atoms with Crippen LogP contribution in [0.3, 0.4) is 0 Å². The monoisotopic (exact) mass is 1130 g/mol. The summed E-state index contributed by atoms with van der Waals surface area (Å²) in [7, 11) is 0. The number of carboxylic acids is 4. The number of hydrogen-bond donors (Lipinski definition) is 10. The summed E-state index contributed by atoms with van der Waals surface area (Å²) in [5, 5.41) is 47.8. The lowest BCUT2D eigenvalue weighted by atomic mass is 10.0. The molecule has 8 bridgehead atoms. The van der Waals surface area contributed by atoms with Gasteiger partial charge in [0.1, 0.15) is 0 Å². The maximum atomic E-state index is 12.8. The van der Waals surface area contributed by atoms with Crippen LogP contribution in [0.1, 0.15) is 99.8 Å². The van der Waals surface area contributed by atoms with Crippen molar-refractivity contribution in [2.45, 2.75) is 77.0 Å². The highest BCUT2D eigenvalue weighted by molar-refractivity contribution is 6.02. The third kappa shape index (κ3) is 15.0. The number of carbonyl (C=O) groups excluding carboxylic acids is 4. The molecule has 84 heavy (non-hydrogen) atoms. The van der Waals surface area contributed by atoms with Crippen molar-refractivity contribution in [3.8, 4) is 44.5 Å². The fraction of sp³-hybridized carbons (Fsp3) is 0.188. The molecule has 20 nitrogen and oxygen atoms in total. The van der Waals surface area contributed by atoms with E-state index >= 15 is 0 Å². The number of rotatable bonds is 24. The highest BCUT2D eigenvalue weighted by atomic mass is 16.4. The van der Waals surface area contributed by atoms with E-state index in [0.717, 1.165) is 22.3 Å². The highest BCUT2D eigenvalue weighted by Crippen LogP contribution is 2.39. The molecule has 7 aromatic rings. The van der Waals surface area contributed by atoms with Gasteiger partial charge in [0, 0.05) is 118 Å². The van der Waals surface area contributed by atoms with Crippen molar-refractivity contribution in [3.05, 3.63) is 144 Å². The van der Waals surface area contributed by atoms with E-state index in [4.69, 9.17) is 30.4 Å². The number of benzene rings is 4. The second-order valence-corrected chi connectivity index (χ2v) is 20.0. The molecule has 4 aromatic carbocycles. The predicted octanol–water partition coefficient (Wildman–Crippen LogP) is 12.1. The van der Waals surface area contributed by atoms with E-state index in [1.807, 2.05) is 97.1 Å². The summed E-state index contributed by atoms with van der Waals surface area (Å²) in [6.07, 6.45) is 7.95. The van der Waals surface area contributed by atoms with Crippen molar-refractivity contribution >= 4 is 117 Å². The first-order valence-electron chi connectivity index (χ1n) is 27.2. The van der Waals surface area contributed by atoms with E-state index in [0.29, 0.717) is 89.8 Å². The predicted molar refractivity (Wildman–Crippen MR) is 321 cm³/mol. The Labute approximate surface area is 480 Å². The Morgan fingerprint density at radius 1 is 0.298 bits per heavy atom. The number of nitrogens with one attached hydrogen (secondary N) is 6. The first kappa shape index (κ1) is 57.9. The molecule has 4 amide bonds. The fourth-order valence-corrected chi connectivity index (χ4v) is 9.80. The number of carbonyl (C=O) groups is 8. The Morgan fingerprint density at radius 2 is 0.500 bits per heavy atom. The number of aliphatic carboxylic acids is 4. The first-order chi connectivity index (χ1) is 40.5. The van der Waals surface area contributed by atoms with Gasteiger partial charge in [0.15, 0.2) is 0 Å². The molecule has 2 aliphatic rings. The molecule has 0 unspecified atom stereocenters. The highest BCUT2D eigenvalue weighted by Gasteiger charge is 2.21. The lowest BCUT2D eigenvalue weighted by Gasteiger charge is -2.10. The van der Waals surface area contributed by atoms with Crippen LogP contribution in [-0.2, 0) is 38.4 Å². The van der Waals surface area contributed by atoms with Crippen LogP contribution in [0.25, 0.3) is 90.9 Å². The first-order valence-corrected chi connectivity index (χ1v) is 27.2. The van der Waals surface area contributed by atoms with E-state index < -0.39 is 23.9 Å². The van der Waals surface area contributed by atoms with Gasteiger partial charge >= 0.3 is 23.9 Å². The van der Waals surface area contributed by atoms with Gasteiger partial charge < -0.3 is 51.7 Å². The minimum Gasteiger partial charge on any atom is -0.481 e. The van der Waals surface area contributed by atoms with Crippen molar-refractivity contribution in [2.75, 3.05) is 21.3 Å². The van der Waals surface area contributed by atoms with Gasteiger partial charge in [0.05, 0.1) is 22.8 Å². The molecule has 0 fully saturated rings. The second kappa shape index (κ2) is 26.7. The topological polar surface area (TPSA) is 323 Å². The summed E-state index contributed by atoms with van der Waals surface area (Å²) >= 11 is 0. The van der Waals surface area contributed by atoms with Gasteiger partial charge in [-0.2, -0.15) is 0 Å². The van der Waals surface area contributed by atoms with Crippen LogP contribution in [0, 0.1) is 0 Å². The van der Waals surface area contributed by atoms with Gasteiger partial charge in [0.2, 0.25) is 23.6 Å². The minimum absolute atomic E-state index is 0.0295. The van der Waals surface area contributed by atoms with Gasteiger partial charge in [-0.3, -0.25) is 38.4 Å². The molecular weight excluding hydrogens is 1070 g/mol. The normalized spacial score (nSPS) is 11.4. The summed E-state index contributed by atoms with van der Waals surface area (Å²) < 4.78 is 0. The summed E-state index contributed by atoms with van der Waals surface area (Å²) in [5.74, 6) is -5.24. The number of amides is 4. The third-order valence-corrected chi connectivity index (χ3v) is 13.8. The van der Waals surface area contributed by atoms with Gasteiger partial charge in [-0.05, 0) is 145 Å². The molecular formula is C64H58N8O12. The van der Waals surface area contributed by atoms with Crippen LogP contribution in [0.15, 0.2) is 121 Å². The molecule has 0 radical (unpaired) electrons. The smallest absolute Gasteiger partial charge is 0.303 e. The fourth-order valence-electron chi connectivity index (χ4n) is 9.80. The quantitative estimate of drug-likeness (QED) is 0.0269. The van der Waals surface area contributed by atoms with E-state index in [-0.39, 0.29) is 101 Å². The molecule has 5 heterocycles. The van der Waals surface area contributed by atoms with E-state index in [1.54, 1.807) is 48.5 Å². The Hall–Kier alpha value is -10.8. The third-order valence-electron chi connectivity index (χ3n) is 13.8. The summed E-state index contributed by atoms with van der Waals surface area (Å²) in [4.78, 5) is 114. The molecule has 0 saturated heterocycles. The maximum Gasteiger partial charge on any atom is 0.303 e. The Balaban J connectivity index is 1.24. The number of carboxylic acid groups (broad SMARTS) is 4. The van der Waals surface area contributed by atoms with Crippen LogP contribution in [0.2, 0.25) is 0 Å². The molecule has 0 aliphatic carbocycles. The zero-order valence-corrected chi connectivity index (χ0v) is 45.3. The Bertz CT molecular complexity index is 3440. The maximum absolute atomic E-state index is 12.8. The SMILES string of the molecule is O=C(O)CCCC(=O)Nc1ccc(-c2c3nc(c(-c4ccc(NC(=O)CCCC(=O)O)cc4)c4ccc([nH]4)c(-c4ccc(NC(=O)CCCC(=O)O)cc4)c4nc(c(-c5ccc(NC(=O)CCCC(=O)O)cc5)c5ccc2[nH]5)C=C4)C=C3)cc1. The molecule has 2 aliphatic heterocycles. The number of hydrogen-bond acceptors (Lipinski definition) is 10. The average molecular weight is 1130 g/mol. The van der Waals surface area contributed by atoms with Gasteiger partial charge in [-0.1, -0.05) is 48.5 Å². The number of anilines is 4. The van der Waals surface area contributed by atoms with E-state index in [2.05, 4.69) is 31.2 Å². The number of aromatic nitrogens is 4. The molecule has 0 saturated carbocycles. The second-order valence-electron chi connectivity index (χ2n) is 20.0. The van der Waals surface area contributed by atoms with Crippen molar-refractivity contribution in [1.29, 1.82) is 0 Å². The lowest BCUT2D eigenvalue weighted by Crippen LogP contribution is -2.11. The Kier molecular flexibility index (Phi) is 18.4. The number of H-pyrrole nitrogens is 2.